The van der Waals surface area contributed by atoms with Gasteiger partial charge in [-0.3, -0.25) is 4.99 Å². The molecule has 124 valence electrons. The van der Waals surface area contributed by atoms with Gasteiger partial charge in [-0.1, -0.05) is 12.8 Å². The van der Waals surface area contributed by atoms with Gasteiger partial charge < -0.3 is 15.1 Å². The van der Waals surface area contributed by atoms with Crippen molar-refractivity contribution in [3.8, 4) is 0 Å². The summed E-state index contributed by atoms with van der Waals surface area (Å²) in [6, 6.07) is 0.936. The van der Waals surface area contributed by atoms with Crippen molar-refractivity contribution in [1.29, 1.82) is 0 Å². The zero-order chi connectivity index (χ0) is 14.9. The lowest BCUT2D eigenvalue weighted by Gasteiger charge is -2.23. The van der Waals surface area contributed by atoms with Crippen LogP contribution in [0.4, 0.5) is 0 Å². The van der Waals surface area contributed by atoms with Crippen molar-refractivity contribution in [2.45, 2.75) is 51.0 Å². The Bertz CT molecular complexity index is 403. The first kappa shape index (κ1) is 14.8. The highest BCUT2D eigenvalue weighted by Crippen LogP contribution is 2.36. The molecule has 0 spiro atoms. The fraction of sp³-hybridized carbons (Fsp3) is 0.944. The van der Waals surface area contributed by atoms with E-state index < -0.39 is 0 Å². The lowest BCUT2D eigenvalue weighted by Crippen LogP contribution is -2.42. The van der Waals surface area contributed by atoms with Crippen molar-refractivity contribution in [3.63, 3.8) is 0 Å². The Labute approximate surface area is 135 Å². The van der Waals surface area contributed by atoms with Gasteiger partial charge in [-0.05, 0) is 56.4 Å². The van der Waals surface area contributed by atoms with Gasteiger partial charge in [0.2, 0.25) is 0 Å². The molecule has 2 saturated heterocycles. The van der Waals surface area contributed by atoms with Gasteiger partial charge in [-0.25, -0.2) is 0 Å². The number of guanidine groups is 1. The van der Waals surface area contributed by atoms with E-state index >= 15 is 0 Å². The van der Waals surface area contributed by atoms with Gasteiger partial charge >= 0.3 is 0 Å². The van der Waals surface area contributed by atoms with Crippen molar-refractivity contribution >= 4 is 5.96 Å². The number of fused-ring (bicyclic) bond motifs is 1. The predicted octanol–water partition coefficient (Wildman–Crippen LogP) is 2.17. The van der Waals surface area contributed by atoms with Crippen LogP contribution in [0.5, 0.6) is 0 Å². The van der Waals surface area contributed by atoms with Gasteiger partial charge in [-0.15, -0.1) is 0 Å². The Morgan fingerprint density at radius 3 is 2.36 bits per heavy atom. The molecular formula is C18H32N4. The van der Waals surface area contributed by atoms with Gasteiger partial charge in [0.25, 0.3) is 0 Å². The van der Waals surface area contributed by atoms with Crippen LogP contribution in [0.1, 0.15) is 44.9 Å². The van der Waals surface area contributed by atoms with E-state index in [4.69, 9.17) is 0 Å². The van der Waals surface area contributed by atoms with Crippen molar-refractivity contribution in [2.24, 2.45) is 22.7 Å². The molecule has 4 fully saturated rings. The fourth-order valence-electron chi connectivity index (χ4n) is 4.95. The zero-order valence-electron chi connectivity index (χ0n) is 14.1. The maximum atomic E-state index is 4.57. The summed E-state index contributed by atoms with van der Waals surface area (Å²) in [6.07, 6.45) is 10.0. The molecule has 4 rings (SSSR count). The Balaban J connectivity index is 1.26. The van der Waals surface area contributed by atoms with E-state index in [1.54, 1.807) is 0 Å². The predicted molar refractivity (Wildman–Crippen MR) is 91.1 cm³/mol. The molecule has 2 aliphatic heterocycles. The zero-order valence-corrected chi connectivity index (χ0v) is 14.1. The SMILES string of the molecule is CN=C(NCC1CCN(C2CC2)C1)N1CC2CCCCC2C1. The Kier molecular flexibility index (Phi) is 4.29. The average Bonchev–Trinajstić information content (AvgIpc) is 3.13. The van der Waals surface area contributed by atoms with Crippen molar-refractivity contribution in [1.82, 2.24) is 15.1 Å². The second kappa shape index (κ2) is 6.38. The molecule has 4 nitrogen and oxygen atoms in total. The lowest BCUT2D eigenvalue weighted by molar-refractivity contribution is 0.299. The molecule has 2 aliphatic carbocycles. The van der Waals surface area contributed by atoms with Gasteiger partial charge in [0.05, 0.1) is 0 Å². The highest BCUT2D eigenvalue weighted by molar-refractivity contribution is 5.80. The first-order valence-electron chi connectivity index (χ1n) is 9.53. The quantitative estimate of drug-likeness (QED) is 0.640. The number of nitrogens with one attached hydrogen (secondary N) is 1. The number of rotatable bonds is 3. The molecule has 4 heteroatoms. The second-order valence-electron chi connectivity index (χ2n) is 8.02. The van der Waals surface area contributed by atoms with Crippen molar-refractivity contribution in [3.05, 3.63) is 0 Å². The molecule has 3 unspecified atom stereocenters. The summed E-state index contributed by atoms with van der Waals surface area (Å²) in [7, 11) is 1.95. The molecule has 2 heterocycles. The standard InChI is InChI=1S/C18H32N4/c1-19-18(22-12-15-4-2-3-5-16(15)13-22)20-10-14-8-9-21(11-14)17-6-7-17/h14-17H,2-13H2,1H3,(H,19,20). The highest BCUT2D eigenvalue weighted by atomic mass is 15.3. The van der Waals surface area contributed by atoms with E-state index in [2.05, 4.69) is 20.1 Å². The summed E-state index contributed by atoms with van der Waals surface area (Å²) in [6.45, 7) is 6.22. The summed E-state index contributed by atoms with van der Waals surface area (Å²) in [5, 5.41) is 3.69. The highest BCUT2D eigenvalue weighted by Gasteiger charge is 2.37. The molecule has 3 atom stereocenters. The Hall–Kier alpha value is -0.770. The first-order valence-corrected chi connectivity index (χ1v) is 9.53. The first-order chi connectivity index (χ1) is 10.8. The molecule has 0 aromatic rings. The van der Waals surface area contributed by atoms with Crippen LogP contribution < -0.4 is 5.32 Å². The summed E-state index contributed by atoms with van der Waals surface area (Å²) in [4.78, 5) is 9.82. The van der Waals surface area contributed by atoms with Crippen LogP contribution in [0.2, 0.25) is 0 Å². The summed E-state index contributed by atoms with van der Waals surface area (Å²) >= 11 is 0. The van der Waals surface area contributed by atoms with Gasteiger partial charge in [0.1, 0.15) is 0 Å². The Morgan fingerprint density at radius 1 is 1.00 bits per heavy atom. The third kappa shape index (κ3) is 3.12. The van der Waals surface area contributed by atoms with Crippen LogP contribution in [0.25, 0.3) is 0 Å². The molecule has 0 amide bonds. The summed E-state index contributed by atoms with van der Waals surface area (Å²) < 4.78 is 0. The molecule has 0 radical (unpaired) electrons. The molecule has 0 aromatic carbocycles. The third-order valence-corrected chi connectivity index (χ3v) is 6.42. The van der Waals surface area contributed by atoms with Gasteiger partial charge in [0, 0.05) is 39.3 Å². The normalized spacial score (nSPS) is 36.7. The van der Waals surface area contributed by atoms with E-state index in [1.165, 1.54) is 77.1 Å². The fourth-order valence-corrected chi connectivity index (χ4v) is 4.95. The van der Waals surface area contributed by atoms with E-state index in [1.807, 2.05) is 7.05 Å². The molecule has 1 N–H and O–H groups in total. The maximum absolute atomic E-state index is 4.57. The Morgan fingerprint density at radius 2 is 1.73 bits per heavy atom. The van der Waals surface area contributed by atoms with Crippen LogP contribution in [-0.4, -0.2) is 61.6 Å². The van der Waals surface area contributed by atoms with E-state index in [-0.39, 0.29) is 0 Å². The number of aliphatic imine (C=N–C) groups is 1. The molecular weight excluding hydrogens is 272 g/mol. The number of nitrogens with zero attached hydrogens (tertiary/aromatic N) is 3. The molecule has 2 saturated carbocycles. The third-order valence-electron chi connectivity index (χ3n) is 6.42. The smallest absolute Gasteiger partial charge is 0.193 e. The number of likely N-dealkylation sites (tertiary alicyclic amines) is 2. The lowest BCUT2D eigenvalue weighted by atomic mass is 9.82. The minimum atomic E-state index is 0.822. The molecule has 4 aliphatic rings. The number of hydrogen-bond donors (Lipinski definition) is 1. The van der Waals surface area contributed by atoms with Gasteiger partial charge in [-0.2, -0.15) is 0 Å². The van der Waals surface area contributed by atoms with E-state index in [0.29, 0.717) is 0 Å². The minimum absolute atomic E-state index is 0.822. The summed E-state index contributed by atoms with van der Waals surface area (Å²) in [5.74, 6) is 3.86. The van der Waals surface area contributed by atoms with Crippen LogP contribution in [0, 0.1) is 17.8 Å². The molecule has 22 heavy (non-hydrogen) atoms. The number of hydrogen-bond acceptors (Lipinski definition) is 2. The minimum Gasteiger partial charge on any atom is -0.356 e. The van der Waals surface area contributed by atoms with Crippen molar-refractivity contribution < 1.29 is 0 Å². The van der Waals surface area contributed by atoms with Crippen LogP contribution in [0.3, 0.4) is 0 Å². The second-order valence-corrected chi connectivity index (χ2v) is 8.02. The van der Waals surface area contributed by atoms with Crippen LogP contribution in [-0.2, 0) is 0 Å². The van der Waals surface area contributed by atoms with E-state index in [9.17, 15) is 0 Å². The van der Waals surface area contributed by atoms with Crippen LogP contribution >= 0.6 is 0 Å². The monoisotopic (exact) mass is 304 g/mol. The van der Waals surface area contributed by atoms with E-state index in [0.717, 1.165) is 30.3 Å². The maximum Gasteiger partial charge on any atom is 0.193 e. The topological polar surface area (TPSA) is 30.9 Å². The largest absolute Gasteiger partial charge is 0.356 e. The molecule has 0 aromatic heterocycles. The van der Waals surface area contributed by atoms with Gasteiger partial charge in [0.15, 0.2) is 5.96 Å². The average molecular weight is 304 g/mol. The summed E-state index contributed by atoms with van der Waals surface area (Å²) in [5.41, 5.74) is 0. The van der Waals surface area contributed by atoms with Crippen molar-refractivity contribution in [2.75, 3.05) is 39.8 Å². The van der Waals surface area contributed by atoms with Crippen LogP contribution in [0.15, 0.2) is 4.99 Å². The molecule has 0 bridgehead atoms.